The van der Waals surface area contributed by atoms with Crippen molar-refractivity contribution >= 4 is 12.3 Å². The number of hydrogen-bond acceptors (Lipinski definition) is 3. The van der Waals surface area contributed by atoms with Gasteiger partial charge in [-0.05, 0) is 64.9 Å². The van der Waals surface area contributed by atoms with E-state index in [1.807, 2.05) is 31.9 Å². The van der Waals surface area contributed by atoms with Gasteiger partial charge in [-0.1, -0.05) is 12.5 Å². The molecule has 0 aliphatic carbocycles. The summed E-state index contributed by atoms with van der Waals surface area (Å²) in [5.41, 5.74) is 1.09. The molecule has 0 aromatic rings. The highest BCUT2D eigenvalue weighted by molar-refractivity contribution is 5.72. The summed E-state index contributed by atoms with van der Waals surface area (Å²) in [4.78, 5) is 18.6. The van der Waals surface area contributed by atoms with Crippen LogP contribution in [0.15, 0.2) is 16.6 Å². The van der Waals surface area contributed by atoms with Crippen molar-refractivity contribution in [2.24, 2.45) is 10.4 Å². The monoisotopic (exact) mass is 306 g/mol. The second kappa shape index (κ2) is 6.05. The highest BCUT2D eigenvalue weighted by atomic mass is 16.6. The van der Waals surface area contributed by atoms with Crippen LogP contribution >= 0.6 is 0 Å². The first-order chi connectivity index (χ1) is 10.2. The maximum atomic E-state index is 12.5. The van der Waals surface area contributed by atoms with Crippen molar-refractivity contribution < 1.29 is 9.53 Å². The number of ether oxygens (including phenoxy) is 1. The van der Waals surface area contributed by atoms with Crippen LogP contribution in [-0.4, -0.2) is 41.9 Å². The lowest BCUT2D eigenvalue weighted by atomic mass is 9.71. The van der Waals surface area contributed by atoms with E-state index in [9.17, 15) is 4.79 Å². The summed E-state index contributed by atoms with van der Waals surface area (Å²) in [6.07, 6.45) is 8.05. The fourth-order valence-corrected chi connectivity index (χ4v) is 3.81. The molecule has 4 nitrogen and oxygen atoms in total. The Morgan fingerprint density at radius 3 is 2.27 bits per heavy atom. The number of carbonyl (C=O) groups is 1. The fourth-order valence-electron chi connectivity index (χ4n) is 3.81. The molecule has 2 saturated heterocycles. The van der Waals surface area contributed by atoms with Crippen LogP contribution in [-0.2, 0) is 4.74 Å². The molecule has 4 heteroatoms. The first-order valence-corrected chi connectivity index (χ1v) is 8.27. The highest BCUT2D eigenvalue weighted by Crippen LogP contribution is 2.49. The Balaban J connectivity index is 2.13. The van der Waals surface area contributed by atoms with Gasteiger partial charge in [0.15, 0.2) is 0 Å². The van der Waals surface area contributed by atoms with E-state index in [0.717, 1.165) is 25.7 Å². The quantitative estimate of drug-likeness (QED) is 0.717. The predicted molar refractivity (Wildman–Crippen MR) is 90.4 cm³/mol. The number of hydrogen-bond donors (Lipinski definition) is 0. The summed E-state index contributed by atoms with van der Waals surface area (Å²) < 4.78 is 5.60. The molecule has 1 amide bonds. The van der Waals surface area contributed by atoms with E-state index >= 15 is 0 Å². The zero-order valence-corrected chi connectivity index (χ0v) is 14.8. The lowest BCUT2D eigenvalue weighted by Gasteiger charge is -2.45. The Labute approximate surface area is 134 Å². The van der Waals surface area contributed by atoms with Crippen molar-refractivity contribution in [1.82, 2.24) is 4.90 Å². The first kappa shape index (κ1) is 17.0. The number of amides is 1. The van der Waals surface area contributed by atoms with Crippen molar-refractivity contribution in [3.63, 3.8) is 0 Å². The van der Waals surface area contributed by atoms with E-state index in [1.54, 1.807) is 7.05 Å². The van der Waals surface area contributed by atoms with E-state index in [4.69, 9.17) is 4.74 Å². The van der Waals surface area contributed by atoms with E-state index < -0.39 is 5.60 Å². The van der Waals surface area contributed by atoms with Crippen LogP contribution in [0.5, 0.6) is 0 Å². The SMILES string of the molecule is CN=CC=C(C)C1(C)CC2CCC(C1)N2C(=O)OC(C)(C)C. The third-order valence-electron chi connectivity index (χ3n) is 5.02. The summed E-state index contributed by atoms with van der Waals surface area (Å²) in [6.45, 7) is 10.3. The average Bonchev–Trinajstić information content (AvgIpc) is 2.67. The molecule has 2 aliphatic heterocycles. The Morgan fingerprint density at radius 1 is 1.27 bits per heavy atom. The van der Waals surface area contributed by atoms with Crippen molar-refractivity contribution in [2.75, 3.05) is 7.05 Å². The summed E-state index contributed by atoms with van der Waals surface area (Å²) in [6, 6.07) is 0.612. The van der Waals surface area contributed by atoms with Gasteiger partial charge in [0.2, 0.25) is 0 Å². The molecule has 22 heavy (non-hydrogen) atoms. The summed E-state index contributed by atoms with van der Waals surface area (Å²) in [5.74, 6) is 0. The van der Waals surface area contributed by atoms with Gasteiger partial charge >= 0.3 is 6.09 Å². The second-order valence-electron chi connectivity index (χ2n) is 8.00. The number of allylic oxidation sites excluding steroid dienone is 2. The van der Waals surface area contributed by atoms with Crippen LogP contribution in [0.25, 0.3) is 0 Å². The molecular weight excluding hydrogens is 276 g/mol. The van der Waals surface area contributed by atoms with Crippen molar-refractivity contribution in [3.05, 3.63) is 11.6 Å². The number of nitrogens with zero attached hydrogens (tertiary/aromatic N) is 2. The van der Waals surface area contributed by atoms with Crippen LogP contribution in [0.3, 0.4) is 0 Å². The van der Waals surface area contributed by atoms with Crippen LogP contribution < -0.4 is 0 Å². The molecule has 2 aliphatic rings. The summed E-state index contributed by atoms with van der Waals surface area (Å²) in [7, 11) is 1.79. The minimum Gasteiger partial charge on any atom is -0.444 e. The minimum absolute atomic E-state index is 0.140. The van der Waals surface area contributed by atoms with Gasteiger partial charge in [0.05, 0.1) is 0 Å². The lowest BCUT2D eigenvalue weighted by Crippen LogP contribution is -2.51. The normalized spacial score (nSPS) is 32.6. The zero-order valence-electron chi connectivity index (χ0n) is 14.8. The Hall–Kier alpha value is -1.32. The Kier molecular flexibility index (Phi) is 4.69. The van der Waals surface area contributed by atoms with E-state index in [-0.39, 0.29) is 11.5 Å². The zero-order chi connectivity index (χ0) is 16.5. The van der Waals surface area contributed by atoms with Crippen LogP contribution in [0, 0.1) is 5.41 Å². The van der Waals surface area contributed by atoms with Crippen molar-refractivity contribution in [2.45, 2.75) is 78.0 Å². The third-order valence-corrected chi connectivity index (χ3v) is 5.02. The molecule has 2 unspecified atom stereocenters. The molecule has 124 valence electrons. The largest absolute Gasteiger partial charge is 0.444 e. The summed E-state index contributed by atoms with van der Waals surface area (Å²) >= 11 is 0. The number of rotatable bonds is 2. The Morgan fingerprint density at radius 2 is 1.82 bits per heavy atom. The van der Waals surface area contributed by atoms with Crippen molar-refractivity contribution in [1.29, 1.82) is 0 Å². The maximum Gasteiger partial charge on any atom is 0.410 e. The van der Waals surface area contributed by atoms with Gasteiger partial charge in [-0.3, -0.25) is 4.99 Å². The van der Waals surface area contributed by atoms with Crippen LogP contribution in [0.1, 0.15) is 60.3 Å². The van der Waals surface area contributed by atoms with Gasteiger partial charge < -0.3 is 9.64 Å². The number of piperidine rings is 1. The highest BCUT2D eigenvalue weighted by Gasteiger charge is 2.49. The van der Waals surface area contributed by atoms with Gasteiger partial charge in [-0.15, -0.1) is 0 Å². The molecule has 2 fully saturated rings. The van der Waals surface area contributed by atoms with E-state index in [1.165, 1.54) is 5.57 Å². The Bertz CT molecular complexity index is 474. The molecular formula is C18H30N2O2. The minimum atomic E-state index is -0.426. The van der Waals surface area contributed by atoms with E-state index in [0.29, 0.717) is 12.1 Å². The molecule has 0 spiro atoms. The molecule has 2 bridgehead atoms. The fraction of sp³-hybridized carbons (Fsp3) is 0.778. The first-order valence-electron chi connectivity index (χ1n) is 8.27. The number of fused-ring (bicyclic) bond motifs is 2. The number of carbonyl (C=O) groups excluding carboxylic acids is 1. The molecule has 0 N–H and O–H groups in total. The molecule has 0 radical (unpaired) electrons. The lowest BCUT2D eigenvalue weighted by molar-refractivity contribution is -0.00427. The predicted octanol–water partition coefficient (Wildman–Crippen LogP) is 4.20. The smallest absolute Gasteiger partial charge is 0.410 e. The van der Waals surface area contributed by atoms with Crippen LogP contribution in [0.2, 0.25) is 0 Å². The van der Waals surface area contributed by atoms with Gasteiger partial charge in [-0.2, -0.15) is 0 Å². The molecule has 2 heterocycles. The maximum absolute atomic E-state index is 12.5. The second-order valence-corrected chi connectivity index (χ2v) is 8.00. The molecule has 0 saturated carbocycles. The standard InChI is InChI=1S/C18H30N2O2/c1-13(9-10-19-6)18(5)11-14-7-8-15(12-18)20(14)16(21)22-17(2,3)4/h9-10,14-15H,7-8,11-12H2,1-6H3. The number of aliphatic imine (C=N–C) groups is 1. The molecule has 2 atom stereocenters. The van der Waals surface area contributed by atoms with Gasteiger partial charge in [0.25, 0.3) is 0 Å². The van der Waals surface area contributed by atoms with Gasteiger partial charge in [0, 0.05) is 25.3 Å². The molecule has 0 aromatic carbocycles. The average molecular weight is 306 g/mol. The van der Waals surface area contributed by atoms with Gasteiger partial charge in [0.1, 0.15) is 5.60 Å². The van der Waals surface area contributed by atoms with E-state index in [2.05, 4.69) is 24.9 Å². The van der Waals surface area contributed by atoms with Gasteiger partial charge in [-0.25, -0.2) is 4.79 Å². The summed E-state index contributed by atoms with van der Waals surface area (Å²) in [5, 5.41) is 0. The molecule has 2 rings (SSSR count). The topological polar surface area (TPSA) is 41.9 Å². The van der Waals surface area contributed by atoms with Crippen LogP contribution in [0.4, 0.5) is 4.79 Å². The third kappa shape index (κ3) is 3.53. The molecule has 0 aromatic heterocycles. The van der Waals surface area contributed by atoms with Crippen molar-refractivity contribution in [3.8, 4) is 0 Å².